The molecule has 3 N–H and O–H groups in total. The van der Waals surface area contributed by atoms with Crippen molar-refractivity contribution in [2.24, 2.45) is 16.8 Å². The predicted octanol–water partition coefficient (Wildman–Crippen LogP) is 2.41. The molecule has 1 aromatic carbocycles. The Morgan fingerprint density at radius 2 is 2.06 bits per heavy atom. The summed E-state index contributed by atoms with van der Waals surface area (Å²) in [6, 6.07) is 7.85. The summed E-state index contributed by atoms with van der Waals surface area (Å²) < 4.78 is 0. The molecule has 0 bridgehead atoms. The van der Waals surface area contributed by atoms with E-state index in [2.05, 4.69) is 17.0 Å². The third kappa shape index (κ3) is 2.58. The summed E-state index contributed by atoms with van der Waals surface area (Å²) in [5.41, 5.74) is 7.61. The monoisotopic (exact) mass is 247 g/mol. The fourth-order valence-electron chi connectivity index (χ4n) is 2.60. The van der Waals surface area contributed by atoms with Crippen LogP contribution in [0.25, 0.3) is 0 Å². The largest absolute Gasteiger partial charge is 0.409 e. The first kappa shape index (κ1) is 12.7. The molecule has 0 atom stereocenters. The van der Waals surface area contributed by atoms with Crippen molar-refractivity contribution in [3.05, 3.63) is 29.8 Å². The minimum Gasteiger partial charge on any atom is -0.409 e. The molecule has 1 heterocycles. The van der Waals surface area contributed by atoms with Gasteiger partial charge >= 0.3 is 0 Å². The molecule has 4 nitrogen and oxygen atoms in total. The molecule has 0 aromatic heterocycles. The van der Waals surface area contributed by atoms with E-state index in [4.69, 9.17) is 10.9 Å². The van der Waals surface area contributed by atoms with E-state index in [1.807, 2.05) is 24.3 Å². The maximum Gasteiger partial charge on any atom is 0.172 e. The van der Waals surface area contributed by atoms with Crippen molar-refractivity contribution >= 4 is 11.5 Å². The SMILES string of the molecule is CCC1CCN(c2ccccc2C(N)=NO)CC1. The molecule has 0 amide bonds. The highest BCUT2D eigenvalue weighted by Gasteiger charge is 2.20. The molecule has 1 fully saturated rings. The van der Waals surface area contributed by atoms with E-state index in [9.17, 15) is 0 Å². The maximum atomic E-state index is 8.84. The number of oxime groups is 1. The van der Waals surface area contributed by atoms with E-state index >= 15 is 0 Å². The van der Waals surface area contributed by atoms with Crippen molar-refractivity contribution in [1.82, 2.24) is 0 Å². The van der Waals surface area contributed by atoms with E-state index in [0.717, 1.165) is 30.3 Å². The van der Waals surface area contributed by atoms with Crippen molar-refractivity contribution < 1.29 is 5.21 Å². The number of amidine groups is 1. The molecule has 0 unspecified atom stereocenters. The van der Waals surface area contributed by atoms with Crippen molar-refractivity contribution in [3.63, 3.8) is 0 Å². The first-order chi connectivity index (χ1) is 8.76. The molecule has 1 aromatic rings. The molecule has 1 aliphatic rings. The highest BCUT2D eigenvalue weighted by atomic mass is 16.4. The molecule has 1 aliphatic heterocycles. The fourth-order valence-corrected chi connectivity index (χ4v) is 2.60. The van der Waals surface area contributed by atoms with E-state index in [0.29, 0.717) is 0 Å². The van der Waals surface area contributed by atoms with Crippen LogP contribution in [0, 0.1) is 5.92 Å². The predicted molar refractivity (Wildman–Crippen MR) is 74.2 cm³/mol. The summed E-state index contributed by atoms with van der Waals surface area (Å²) >= 11 is 0. The van der Waals surface area contributed by atoms with Gasteiger partial charge in [0.15, 0.2) is 5.84 Å². The Morgan fingerprint density at radius 3 is 2.67 bits per heavy atom. The third-order valence-corrected chi connectivity index (χ3v) is 3.82. The topological polar surface area (TPSA) is 61.8 Å². The van der Waals surface area contributed by atoms with Gasteiger partial charge in [0.2, 0.25) is 0 Å². The average Bonchev–Trinajstić information content (AvgIpc) is 2.46. The lowest BCUT2D eigenvalue weighted by molar-refractivity contribution is 0.318. The standard InChI is InChI=1S/C14H21N3O/c1-2-11-7-9-17(10-8-11)13-6-4-3-5-12(13)14(15)16-18/h3-6,11,18H,2,7-10H2,1H3,(H2,15,16). The Hall–Kier alpha value is -1.71. The Balaban J connectivity index is 2.19. The van der Waals surface area contributed by atoms with Gasteiger partial charge in [-0.25, -0.2) is 0 Å². The van der Waals surface area contributed by atoms with Crippen LogP contribution in [0.3, 0.4) is 0 Å². The van der Waals surface area contributed by atoms with Crippen molar-refractivity contribution in [2.45, 2.75) is 26.2 Å². The Bertz CT molecular complexity index is 423. The van der Waals surface area contributed by atoms with Gasteiger partial charge in [-0.05, 0) is 30.9 Å². The Labute approximate surface area is 108 Å². The number of hydrogen-bond acceptors (Lipinski definition) is 3. The minimum absolute atomic E-state index is 0.184. The van der Waals surface area contributed by atoms with Gasteiger partial charge < -0.3 is 15.8 Å². The highest BCUT2D eigenvalue weighted by molar-refractivity contribution is 6.02. The quantitative estimate of drug-likeness (QED) is 0.373. The van der Waals surface area contributed by atoms with E-state index in [1.54, 1.807) is 0 Å². The zero-order valence-electron chi connectivity index (χ0n) is 10.8. The van der Waals surface area contributed by atoms with Crippen molar-refractivity contribution in [3.8, 4) is 0 Å². The van der Waals surface area contributed by atoms with Crippen LogP contribution in [0.4, 0.5) is 5.69 Å². The normalized spacial score (nSPS) is 18.1. The maximum absolute atomic E-state index is 8.84. The number of nitrogens with zero attached hydrogens (tertiary/aromatic N) is 2. The van der Waals surface area contributed by atoms with Crippen LogP contribution in [0.2, 0.25) is 0 Å². The lowest BCUT2D eigenvalue weighted by Crippen LogP contribution is -2.35. The van der Waals surface area contributed by atoms with Gasteiger partial charge in [0.25, 0.3) is 0 Å². The second-order valence-corrected chi connectivity index (χ2v) is 4.84. The van der Waals surface area contributed by atoms with Gasteiger partial charge in [0, 0.05) is 24.3 Å². The third-order valence-electron chi connectivity index (χ3n) is 3.82. The number of nitrogens with two attached hydrogens (primary N) is 1. The first-order valence-electron chi connectivity index (χ1n) is 6.58. The zero-order chi connectivity index (χ0) is 13.0. The molecule has 0 saturated carbocycles. The van der Waals surface area contributed by atoms with Gasteiger partial charge in [-0.2, -0.15) is 0 Å². The van der Waals surface area contributed by atoms with Crippen LogP contribution in [-0.4, -0.2) is 24.1 Å². The van der Waals surface area contributed by atoms with Crippen LogP contribution in [0.1, 0.15) is 31.7 Å². The molecule has 0 aliphatic carbocycles. The van der Waals surface area contributed by atoms with Crippen LogP contribution >= 0.6 is 0 Å². The van der Waals surface area contributed by atoms with E-state index in [1.165, 1.54) is 19.3 Å². The van der Waals surface area contributed by atoms with Crippen LogP contribution in [0.15, 0.2) is 29.4 Å². The van der Waals surface area contributed by atoms with Gasteiger partial charge in [-0.15, -0.1) is 0 Å². The van der Waals surface area contributed by atoms with Gasteiger partial charge in [0.05, 0.1) is 0 Å². The first-order valence-corrected chi connectivity index (χ1v) is 6.58. The van der Waals surface area contributed by atoms with Gasteiger partial charge in [-0.3, -0.25) is 0 Å². The molecular formula is C14H21N3O. The van der Waals surface area contributed by atoms with Gasteiger partial charge in [0.1, 0.15) is 0 Å². The van der Waals surface area contributed by atoms with Crippen LogP contribution in [-0.2, 0) is 0 Å². The highest BCUT2D eigenvalue weighted by Crippen LogP contribution is 2.27. The summed E-state index contributed by atoms with van der Waals surface area (Å²) in [4.78, 5) is 2.33. The molecular weight excluding hydrogens is 226 g/mol. The van der Waals surface area contributed by atoms with Crippen molar-refractivity contribution in [1.29, 1.82) is 0 Å². The lowest BCUT2D eigenvalue weighted by atomic mass is 9.93. The Kier molecular flexibility index (Phi) is 4.07. The Morgan fingerprint density at radius 1 is 1.39 bits per heavy atom. The summed E-state index contributed by atoms with van der Waals surface area (Å²) in [5.74, 6) is 1.03. The second kappa shape index (κ2) is 5.76. The molecule has 0 radical (unpaired) electrons. The average molecular weight is 247 g/mol. The number of anilines is 1. The summed E-state index contributed by atoms with van der Waals surface area (Å²) in [7, 11) is 0. The molecule has 4 heteroatoms. The van der Waals surface area contributed by atoms with Crippen LogP contribution < -0.4 is 10.6 Å². The van der Waals surface area contributed by atoms with E-state index < -0.39 is 0 Å². The second-order valence-electron chi connectivity index (χ2n) is 4.84. The number of para-hydroxylation sites is 1. The smallest absolute Gasteiger partial charge is 0.172 e. The minimum atomic E-state index is 0.184. The number of rotatable bonds is 3. The summed E-state index contributed by atoms with van der Waals surface area (Å²) in [5, 5.41) is 11.9. The van der Waals surface area contributed by atoms with Crippen LogP contribution in [0.5, 0.6) is 0 Å². The lowest BCUT2D eigenvalue weighted by Gasteiger charge is -2.34. The number of piperidine rings is 1. The molecule has 18 heavy (non-hydrogen) atoms. The molecule has 98 valence electrons. The number of benzene rings is 1. The van der Waals surface area contributed by atoms with E-state index in [-0.39, 0.29) is 5.84 Å². The van der Waals surface area contributed by atoms with Gasteiger partial charge in [-0.1, -0.05) is 30.6 Å². The number of hydrogen-bond donors (Lipinski definition) is 2. The summed E-state index contributed by atoms with van der Waals surface area (Å²) in [6.45, 7) is 4.35. The molecule has 1 saturated heterocycles. The fraction of sp³-hybridized carbons (Fsp3) is 0.500. The zero-order valence-corrected chi connectivity index (χ0v) is 10.8. The van der Waals surface area contributed by atoms with Crippen molar-refractivity contribution in [2.75, 3.05) is 18.0 Å². The summed E-state index contributed by atoms with van der Waals surface area (Å²) in [6.07, 6.45) is 3.71. The molecule has 2 rings (SSSR count). The molecule has 0 spiro atoms.